The van der Waals surface area contributed by atoms with Crippen molar-refractivity contribution < 1.29 is 18.4 Å². The largest absolute Gasteiger partial charge is 0.342 e. The molecule has 0 bridgehead atoms. The van der Waals surface area contributed by atoms with E-state index in [-0.39, 0.29) is 5.69 Å². The number of nitriles is 1. The van der Waals surface area contributed by atoms with Crippen molar-refractivity contribution in [3.8, 4) is 6.07 Å². The van der Waals surface area contributed by atoms with E-state index in [4.69, 9.17) is 28.5 Å². The molecule has 6 nitrogen and oxygen atoms in total. The first-order chi connectivity index (χ1) is 14.2. The molecule has 1 aliphatic heterocycles. The van der Waals surface area contributed by atoms with Gasteiger partial charge < -0.3 is 10.2 Å². The number of benzene rings is 1. The fourth-order valence-corrected chi connectivity index (χ4v) is 4.12. The Balaban J connectivity index is 1.52. The number of aryl methyl sites for hydroxylation is 2. The van der Waals surface area contributed by atoms with Gasteiger partial charge in [-0.2, -0.15) is 5.26 Å². The van der Waals surface area contributed by atoms with Crippen molar-refractivity contribution in [1.29, 1.82) is 5.26 Å². The van der Waals surface area contributed by atoms with Crippen LogP contribution in [0.2, 0.25) is 10.0 Å². The van der Waals surface area contributed by atoms with Crippen LogP contribution in [0, 0.1) is 11.3 Å². The Hall–Kier alpha value is -2.28. The molecular weight excluding hydrogens is 457 g/mol. The summed E-state index contributed by atoms with van der Waals surface area (Å²) in [5.74, 6) is -4.42. The number of hydrogen-bond acceptors (Lipinski definition) is 5. The number of carbonyl (C=O) groups excluding carboxylic acids is 2. The molecule has 1 aromatic heterocycles. The number of halogens is 4. The summed E-state index contributed by atoms with van der Waals surface area (Å²) in [4.78, 5) is 29.4. The Morgan fingerprint density at radius 1 is 1.33 bits per heavy atom. The summed E-state index contributed by atoms with van der Waals surface area (Å²) in [5.41, 5.74) is 1.12. The maximum atomic E-state index is 13.4. The third kappa shape index (κ3) is 5.45. The van der Waals surface area contributed by atoms with Gasteiger partial charge in [-0.1, -0.05) is 29.3 Å². The number of thiazole rings is 1. The van der Waals surface area contributed by atoms with Crippen LogP contribution >= 0.6 is 34.5 Å². The minimum Gasteiger partial charge on any atom is -0.342 e. The van der Waals surface area contributed by atoms with Gasteiger partial charge in [-0.3, -0.25) is 9.59 Å². The molecule has 1 aliphatic rings. The average molecular weight is 473 g/mol. The second-order valence-electron chi connectivity index (χ2n) is 6.78. The predicted molar refractivity (Wildman–Crippen MR) is 109 cm³/mol. The number of rotatable bonds is 6. The van der Waals surface area contributed by atoms with Crippen molar-refractivity contribution in [1.82, 2.24) is 15.2 Å². The molecule has 0 spiro atoms. The SMILES string of the molecule is N#C[C@@H]1CC(F)(F)CN1C(=O)CNC(=O)c1csc(CCc2ccc(Cl)c(Cl)c2)n1. The summed E-state index contributed by atoms with van der Waals surface area (Å²) in [6.45, 7) is -1.31. The maximum Gasteiger partial charge on any atom is 0.271 e. The van der Waals surface area contributed by atoms with E-state index in [9.17, 15) is 18.4 Å². The van der Waals surface area contributed by atoms with Gasteiger partial charge in [0, 0.05) is 18.2 Å². The van der Waals surface area contributed by atoms with Gasteiger partial charge in [-0.15, -0.1) is 11.3 Å². The van der Waals surface area contributed by atoms with E-state index >= 15 is 0 Å². The molecule has 0 unspecified atom stereocenters. The summed E-state index contributed by atoms with van der Waals surface area (Å²) in [6.07, 6.45) is 0.543. The molecule has 1 atom stereocenters. The Bertz CT molecular complexity index is 1010. The predicted octanol–water partition coefficient (Wildman–Crippen LogP) is 3.72. The van der Waals surface area contributed by atoms with Crippen LogP contribution in [0.25, 0.3) is 0 Å². The molecule has 1 fully saturated rings. The number of nitrogens with zero attached hydrogens (tertiary/aromatic N) is 3. The van der Waals surface area contributed by atoms with E-state index in [1.54, 1.807) is 23.6 Å². The highest BCUT2D eigenvalue weighted by atomic mass is 35.5. The smallest absolute Gasteiger partial charge is 0.271 e. The van der Waals surface area contributed by atoms with Gasteiger partial charge in [0.05, 0.1) is 34.2 Å². The third-order valence-corrected chi connectivity index (χ3v) is 6.18. The number of alkyl halides is 2. The van der Waals surface area contributed by atoms with E-state index < -0.39 is 43.3 Å². The molecule has 2 heterocycles. The lowest BCUT2D eigenvalue weighted by molar-refractivity contribution is -0.131. The standard InChI is InChI=1S/C19H16Cl2F2N4O2S/c20-13-3-1-11(5-14(13)21)2-4-16-26-15(9-30-16)18(29)25-8-17(28)27-10-19(22,23)6-12(27)7-24/h1,3,5,9,12H,2,4,6,8,10H2,(H,25,29)/t12-/m0/s1. The van der Waals surface area contributed by atoms with Crippen LogP contribution in [0.4, 0.5) is 8.78 Å². The number of amides is 2. The van der Waals surface area contributed by atoms with Gasteiger partial charge in [0.2, 0.25) is 5.91 Å². The number of nitrogens with one attached hydrogen (secondary N) is 1. The Kier molecular flexibility index (Phi) is 6.91. The highest BCUT2D eigenvalue weighted by molar-refractivity contribution is 7.09. The van der Waals surface area contributed by atoms with Crippen molar-refractivity contribution in [2.24, 2.45) is 0 Å². The highest BCUT2D eigenvalue weighted by Gasteiger charge is 2.47. The van der Waals surface area contributed by atoms with Crippen LogP contribution in [-0.2, 0) is 17.6 Å². The minimum absolute atomic E-state index is 0.139. The fourth-order valence-electron chi connectivity index (χ4n) is 3.02. The number of carbonyl (C=O) groups is 2. The summed E-state index contributed by atoms with van der Waals surface area (Å²) < 4.78 is 26.9. The molecule has 30 heavy (non-hydrogen) atoms. The molecular formula is C19H16Cl2F2N4O2S. The molecule has 1 N–H and O–H groups in total. The molecule has 3 rings (SSSR count). The van der Waals surface area contributed by atoms with E-state index in [1.807, 2.05) is 6.07 Å². The van der Waals surface area contributed by atoms with Crippen LogP contribution in [-0.4, -0.2) is 46.8 Å². The Morgan fingerprint density at radius 2 is 2.10 bits per heavy atom. The molecule has 2 aromatic rings. The number of hydrogen-bond donors (Lipinski definition) is 1. The molecule has 0 saturated carbocycles. The molecule has 1 aromatic carbocycles. The first-order valence-corrected chi connectivity index (χ1v) is 10.6. The van der Waals surface area contributed by atoms with E-state index in [0.717, 1.165) is 15.5 Å². The van der Waals surface area contributed by atoms with Crippen LogP contribution in [0.1, 0.15) is 27.5 Å². The lowest BCUT2D eigenvalue weighted by Crippen LogP contribution is -2.43. The van der Waals surface area contributed by atoms with Crippen molar-refractivity contribution in [3.63, 3.8) is 0 Å². The van der Waals surface area contributed by atoms with Gasteiger partial charge in [-0.05, 0) is 24.1 Å². The summed E-state index contributed by atoms with van der Waals surface area (Å²) in [7, 11) is 0. The minimum atomic E-state index is -3.10. The lowest BCUT2D eigenvalue weighted by Gasteiger charge is -2.19. The first-order valence-electron chi connectivity index (χ1n) is 8.92. The summed E-state index contributed by atoms with van der Waals surface area (Å²) in [6, 6.07) is 5.84. The highest BCUT2D eigenvalue weighted by Crippen LogP contribution is 2.31. The van der Waals surface area contributed by atoms with Crippen molar-refractivity contribution in [3.05, 3.63) is 49.9 Å². The van der Waals surface area contributed by atoms with E-state index in [0.29, 0.717) is 22.9 Å². The van der Waals surface area contributed by atoms with Crippen molar-refractivity contribution in [2.45, 2.75) is 31.2 Å². The summed E-state index contributed by atoms with van der Waals surface area (Å²) >= 11 is 13.2. The molecule has 11 heteroatoms. The normalized spacial score (nSPS) is 17.6. The van der Waals surface area contributed by atoms with Gasteiger partial charge >= 0.3 is 0 Å². The summed E-state index contributed by atoms with van der Waals surface area (Å²) in [5, 5.41) is 14.6. The molecule has 158 valence electrons. The Morgan fingerprint density at radius 3 is 2.80 bits per heavy atom. The molecule has 1 saturated heterocycles. The van der Waals surface area contributed by atoms with Gasteiger partial charge in [0.25, 0.3) is 11.8 Å². The fraction of sp³-hybridized carbons (Fsp3) is 0.368. The van der Waals surface area contributed by atoms with Crippen molar-refractivity contribution >= 4 is 46.4 Å². The number of likely N-dealkylation sites (tertiary alicyclic amines) is 1. The van der Waals surface area contributed by atoms with E-state index in [2.05, 4.69) is 10.3 Å². The van der Waals surface area contributed by atoms with Gasteiger partial charge in [0.15, 0.2) is 0 Å². The lowest BCUT2D eigenvalue weighted by atomic mass is 10.1. The van der Waals surface area contributed by atoms with Crippen LogP contribution in [0.5, 0.6) is 0 Å². The quantitative estimate of drug-likeness (QED) is 0.693. The van der Waals surface area contributed by atoms with Crippen LogP contribution in [0.3, 0.4) is 0 Å². The first kappa shape index (κ1) is 22.4. The topological polar surface area (TPSA) is 86.1 Å². The number of aromatic nitrogens is 1. The third-order valence-electron chi connectivity index (χ3n) is 4.54. The zero-order valence-corrected chi connectivity index (χ0v) is 17.8. The Labute approximate surface area is 185 Å². The molecule has 2 amide bonds. The molecule has 0 radical (unpaired) electrons. The maximum absolute atomic E-state index is 13.4. The zero-order valence-electron chi connectivity index (χ0n) is 15.5. The molecule has 0 aliphatic carbocycles. The monoisotopic (exact) mass is 472 g/mol. The van der Waals surface area contributed by atoms with Crippen LogP contribution < -0.4 is 5.32 Å². The zero-order chi connectivity index (χ0) is 21.9. The van der Waals surface area contributed by atoms with Gasteiger partial charge in [0.1, 0.15) is 11.7 Å². The van der Waals surface area contributed by atoms with Crippen LogP contribution in [0.15, 0.2) is 23.6 Å². The van der Waals surface area contributed by atoms with Gasteiger partial charge in [-0.25, -0.2) is 13.8 Å². The second-order valence-corrected chi connectivity index (χ2v) is 8.54. The average Bonchev–Trinajstić information content (AvgIpc) is 3.30. The second kappa shape index (κ2) is 9.25. The van der Waals surface area contributed by atoms with E-state index in [1.165, 1.54) is 11.3 Å². The van der Waals surface area contributed by atoms with Crippen molar-refractivity contribution in [2.75, 3.05) is 13.1 Å².